The molecule has 2 atom stereocenters. The average molecular weight is 575 g/mol. The third kappa shape index (κ3) is 6.62. The van der Waals surface area contributed by atoms with E-state index in [1.165, 1.54) is 0 Å². The first-order valence-electron chi connectivity index (χ1n) is 13.6. The van der Waals surface area contributed by atoms with Crippen molar-refractivity contribution in [3.8, 4) is 11.6 Å². The number of nitrogens with one attached hydrogen (secondary N) is 1. The second-order valence-electron chi connectivity index (χ2n) is 11.4. The van der Waals surface area contributed by atoms with Crippen LogP contribution in [0.2, 0.25) is 0 Å². The van der Waals surface area contributed by atoms with Crippen molar-refractivity contribution >= 4 is 23.3 Å². The molecule has 1 N–H and O–H groups in total. The molecule has 1 fully saturated rings. The number of ether oxygens (including phenoxy) is 1. The van der Waals surface area contributed by atoms with Gasteiger partial charge < -0.3 is 19.4 Å². The van der Waals surface area contributed by atoms with Crippen molar-refractivity contribution < 1.29 is 18.7 Å². The minimum Gasteiger partial charge on any atom is -0.444 e. The maximum Gasteiger partial charge on any atom is 0.408 e. The van der Waals surface area contributed by atoms with E-state index in [1.807, 2.05) is 54.5 Å². The van der Waals surface area contributed by atoms with E-state index < -0.39 is 17.2 Å². The van der Waals surface area contributed by atoms with Gasteiger partial charge in [-0.15, -0.1) is 21.5 Å². The van der Waals surface area contributed by atoms with Crippen LogP contribution in [0.25, 0.3) is 11.6 Å². The molecule has 214 valence electrons. The molecule has 11 heteroatoms. The van der Waals surface area contributed by atoms with Gasteiger partial charge in [0.1, 0.15) is 21.8 Å². The van der Waals surface area contributed by atoms with Gasteiger partial charge in [0.25, 0.3) is 11.8 Å². The molecule has 3 aromatic heterocycles. The predicted molar refractivity (Wildman–Crippen MR) is 154 cm³/mol. The molecule has 0 unspecified atom stereocenters. The number of hydrogen-bond donors (Lipinski definition) is 1. The maximum absolute atomic E-state index is 13.6. The van der Waals surface area contributed by atoms with Crippen LogP contribution < -0.4 is 5.32 Å². The van der Waals surface area contributed by atoms with Crippen LogP contribution in [0.5, 0.6) is 0 Å². The molecule has 0 aliphatic carbocycles. The molecule has 1 aliphatic rings. The van der Waals surface area contributed by atoms with Gasteiger partial charge in [0.15, 0.2) is 0 Å². The first-order chi connectivity index (χ1) is 19.5. The number of aryl methyl sites for hydroxylation is 1. The number of carbonyl (C=O) groups excluding carboxylic acids is 2. The summed E-state index contributed by atoms with van der Waals surface area (Å²) >= 11 is 1.59. The summed E-state index contributed by atoms with van der Waals surface area (Å²) in [6.07, 6.45) is 3.15. The number of thiazole rings is 1. The molecule has 2 amide bonds. The van der Waals surface area contributed by atoms with Crippen molar-refractivity contribution in [2.75, 3.05) is 6.54 Å². The summed E-state index contributed by atoms with van der Waals surface area (Å²) in [7, 11) is 0. The number of pyridine rings is 1. The minimum atomic E-state index is -1.07. The highest BCUT2D eigenvalue weighted by Crippen LogP contribution is 2.35. The fraction of sp³-hybridized carbons (Fsp3) is 0.400. The number of carbonyl (C=O) groups is 2. The highest BCUT2D eigenvalue weighted by atomic mass is 32.1. The Morgan fingerprint density at radius 2 is 1.93 bits per heavy atom. The molecule has 0 spiro atoms. The van der Waals surface area contributed by atoms with Crippen LogP contribution in [0, 0.1) is 6.92 Å². The summed E-state index contributed by atoms with van der Waals surface area (Å²) in [6, 6.07) is 13.0. The Morgan fingerprint density at radius 1 is 1.15 bits per heavy atom. The zero-order valence-corrected chi connectivity index (χ0v) is 24.7. The highest BCUT2D eigenvalue weighted by Gasteiger charge is 2.37. The van der Waals surface area contributed by atoms with Gasteiger partial charge in [0, 0.05) is 35.8 Å². The number of rotatable bonds is 7. The van der Waals surface area contributed by atoms with E-state index in [2.05, 4.69) is 25.5 Å². The van der Waals surface area contributed by atoms with Gasteiger partial charge in [-0.25, -0.2) is 9.78 Å². The fourth-order valence-corrected chi connectivity index (χ4v) is 5.84. The van der Waals surface area contributed by atoms with E-state index in [9.17, 15) is 9.59 Å². The molecule has 1 saturated heterocycles. The Hall–Kier alpha value is -4.12. The Balaban J connectivity index is 1.40. The number of hydrogen-bond acceptors (Lipinski definition) is 9. The van der Waals surface area contributed by atoms with Crippen LogP contribution in [-0.4, -0.2) is 49.2 Å². The standard InChI is InChI=1S/C30H34N6O4S/c1-19-18-41-25(32-19)23-12-9-15-36(23)26(37)21-13-14-31-22(16-21)24-34-35-27(39-24)30(5,17-20-10-7-6-8-11-20)33-28(38)40-29(2,3)4/h6-8,10-11,13-14,16,18,23H,9,12,15,17H2,1-5H3,(H,33,38)/t23-,30-/m1/s1. The SMILES string of the molecule is Cc1csc([C@H]2CCCN2C(=O)c2ccnc(-c3nnc([C@@](C)(Cc4ccccc4)NC(=O)OC(C)(C)C)o3)c2)n1. The van der Waals surface area contributed by atoms with Gasteiger partial charge in [-0.2, -0.15) is 0 Å². The van der Waals surface area contributed by atoms with Gasteiger partial charge >= 0.3 is 6.09 Å². The zero-order chi connectivity index (χ0) is 29.2. The van der Waals surface area contributed by atoms with Crippen LogP contribution in [0.1, 0.15) is 79.1 Å². The number of aromatic nitrogens is 4. The third-order valence-electron chi connectivity index (χ3n) is 6.74. The Labute approximate surface area is 243 Å². The molecule has 4 heterocycles. The molecule has 10 nitrogen and oxygen atoms in total. The van der Waals surface area contributed by atoms with Gasteiger partial charge in [0.05, 0.1) is 6.04 Å². The van der Waals surface area contributed by atoms with E-state index in [0.717, 1.165) is 29.1 Å². The van der Waals surface area contributed by atoms with E-state index >= 15 is 0 Å². The molecule has 0 bridgehead atoms. The molecular weight excluding hydrogens is 540 g/mol. The predicted octanol–water partition coefficient (Wildman–Crippen LogP) is 5.86. The highest BCUT2D eigenvalue weighted by molar-refractivity contribution is 7.09. The number of amides is 2. The summed E-state index contributed by atoms with van der Waals surface area (Å²) in [5.41, 5.74) is 1.03. The Kier molecular flexibility index (Phi) is 7.90. The second kappa shape index (κ2) is 11.4. The minimum absolute atomic E-state index is 0.0366. The van der Waals surface area contributed by atoms with E-state index in [1.54, 1.807) is 50.4 Å². The number of benzene rings is 1. The third-order valence-corrected chi connectivity index (χ3v) is 7.80. The van der Waals surface area contributed by atoms with Crippen molar-refractivity contribution in [3.63, 3.8) is 0 Å². The molecule has 1 aromatic carbocycles. The maximum atomic E-state index is 13.6. The summed E-state index contributed by atoms with van der Waals surface area (Å²) in [4.78, 5) is 37.3. The van der Waals surface area contributed by atoms with Crippen molar-refractivity contribution in [2.24, 2.45) is 0 Å². The van der Waals surface area contributed by atoms with Crippen LogP contribution >= 0.6 is 11.3 Å². The van der Waals surface area contributed by atoms with Crippen molar-refractivity contribution in [3.05, 3.63) is 81.8 Å². The van der Waals surface area contributed by atoms with Gasteiger partial charge in [-0.3, -0.25) is 9.78 Å². The number of nitrogens with zero attached hydrogens (tertiary/aromatic N) is 5. The first-order valence-corrected chi connectivity index (χ1v) is 14.5. The van der Waals surface area contributed by atoms with Crippen LogP contribution in [0.15, 0.2) is 58.5 Å². The van der Waals surface area contributed by atoms with E-state index in [-0.39, 0.29) is 23.7 Å². The zero-order valence-electron chi connectivity index (χ0n) is 23.9. The van der Waals surface area contributed by atoms with Crippen LogP contribution in [0.3, 0.4) is 0 Å². The monoisotopic (exact) mass is 574 g/mol. The van der Waals surface area contributed by atoms with Gasteiger partial charge in [-0.1, -0.05) is 30.3 Å². The lowest BCUT2D eigenvalue weighted by atomic mass is 9.92. The summed E-state index contributed by atoms with van der Waals surface area (Å²) in [5, 5.41) is 14.4. The average Bonchev–Trinajstić information content (AvgIpc) is 3.68. The molecule has 0 saturated carbocycles. The Morgan fingerprint density at radius 3 is 2.63 bits per heavy atom. The number of alkyl carbamates (subject to hydrolysis) is 1. The Bertz CT molecular complexity index is 1530. The second-order valence-corrected chi connectivity index (χ2v) is 12.3. The quantitative estimate of drug-likeness (QED) is 0.291. The van der Waals surface area contributed by atoms with Gasteiger partial charge in [0.2, 0.25) is 5.89 Å². The van der Waals surface area contributed by atoms with Crippen LogP contribution in [-0.2, 0) is 16.7 Å². The lowest BCUT2D eigenvalue weighted by Crippen LogP contribution is -2.47. The number of likely N-dealkylation sites (tertiary alicyclic amines) is 1. The molecule has 0 radical (unpaired) electrons. The van der Waals surface area contributed by atoms with Crippen LogP contribution in [0.4, 0.5) is 4.79 Å². The topological polar surface area (TPSA) is 123 Å². The fourth-order valence-electron chi connectivity index (χ4n) is 4.89. The first kappa shape index (κ1) is 28.4. The van der Waals surface area contributed by atoms with Crippen molar-refractivity contribution in [1.82, 2.24) is 30.4 Å². The summed E-state index contributed by atoms with van der Waals surface area (Å²) < 4.78 is 11.6. The van der Waals surface area contributed by atoms with E-state index in [0.29, 0.717) is 24.2 Å². The smallest absolute Gasteiger partial charge is 0.408 e. The molecule has 5 rings (SSSR count). The normalized spacial score (nSPS) is 16.8. The molecule has 1 aliphatic heterocycles. The van der Waals surface area contributed by atoms with Crippen molar-refractivity contribution in [2.45, 2.75) is 71.1 Å². The largest absolute Gasteiger partial charge is 0.444 e. The summed E-state index contributed by atoms with van der Waals surface area (Å²) in [5.74, 6) is 0.247. The lowest BCUT2D eigenvalue weighted by molar-refractivity contribution is 0.0443. The molecule has 4 aromatic rings. The van der Waals surface area contributed by atoms with Crippen molar-refractivity contribution in [1.29, 1.82) is 0 Å². The summed E-state index contributed by atoms with van der Waals surface area (Å²) in [6.45, 7) is 9.83. The lowest BCUT2D eigenvalue weighted by Gasteiger charge is -2.29. The van der Waals surface area contributed by atoms with Gasteiger partial charge in [-0.05, 0) is 65.2 Å². The van der Waals surface area contributed by atoms with E-state index in [4.69, 9.17) is 9.15 Å². The molecule has 41 heavy (non-hydrogen) atoms. The molecular formula is C30H34N6O4S.